The highest BCUT2D eigenvalue weighted by molar-refractivity contribution is 5.76. The van der Waals surface area contributed by atoms with Gasteiger partial charge in [-0.15, -0.1) is 0 Å². The number of amides is 1. The molecule has 0 spiro atoms. The number of carbonyl (C=O) groups excluding carboxylic acids is 1. The van der Waals surface area contributed by atoms with Gasteiger partial charge < -0.3 is 11.1 Å². The number of nitrogens with one attached hydrogen (secondary N) is 1. The second kappa shape index (κ2) is 8.34. The van der Waals surface area contributed by atoms with Crippen LogP contribution in [-0.4, -0.2) is 12.5 Å². The molecule has 0 saturated heterocycles. The summed E-state index contributed by atoms with van der Waals surface area (Å²) in [5.41, 5.74) is 7.35. The van der Waals surface area contributed by atoms with Crippen LogP contribution in [0.25, 0.3) is 0 Å². The molecule has 0 aromatic heterocycles. The molecule has 0 fully saturated rings. The van der Waals surface area contributed by atoms with Gasteiger partial charge in [-0.25, -0.2) is 0 Å². The first-order valence-electron chi connectivity index (χ1n) is 6.75. The Kier molecular flexibility index (Phi) is 6.70. The Morgan fingerprint density at radius 2 is 2.26 bits per heavy atom. The van der Waals surface area contributed by atoms with Crippen molar-refractivity contribution in [2.45, 2.75) is 39.2 Å². The topological polar surface area (TPSA) is 55.1 Å². The van der Waals surface area contributed by atoms with Gasteiger partial charge in [-0.05, 0) is 31.0 Å². The predicted molar refractivity (Wildman–Crippen MR) is 78.5 cm³/mol. The zero-order valence-electron chi connectivity index (χ0n) is 11.7. The molecule has 102 valence electrons. The quantitative estimate of drug-likeness (QED) is 0.797. The van der Waals surface area contributed by atoms with Gasteiger partial charge in [0.2, 0.25) is 5.91 Å². The van der Waals surface area contributed by atoms with Gasteiger partial charge in [0.25, 0.3) is 0 Å². The van der Waals surface area contributed by atoms with E-state index in [0.717, 1.165) is 24.0 Å². The lowest BCUT2D eigenvalue weighted by atomic mass is 10.0. The zero-order valence-corrected chi connectivity index (χ0v) is 11.7. The van der Waals surface area contributed by atoms with Crippen LogP contribution in [0.15, 0.2) is 24.3 Å². The van der Waals surface area contributed by atoms with Crippen LogP contribution in [0, 0.1) is 11.8 Å². The van der Waals surface area contributed by atoms with Crippen molar-refractivity contribution < 1.29 is 4.79 Å². The minimum Gasteiger partial charge on any atom is -0.350 e. The Balaban J connectivity index is 2.66. The van der Waals surface area contributed by atoms with E-state index < -0.39 is 0 Å². The molecule has 1 rings (SSSR count). The van der Waals surface area contributed by atoms with E-state index in [0.29, 0.717) is 13.0 Å². The second-order valence-corrected chi connectivity index (χ2v) is 4.52. The Hall–Kier alpha value is -1.79. The first kappa shape index (κ1) is 15.3. The molecule has 1 aromatic carbocycles. The van der Waals surface area contributed by atoms with Crippen molar-refractivity contribution in [2.75, 3.05) is 6.54 Å². The summed E-state index contributed by atoms with van der Waals surface area (Å²) in [6, 6.07) is 7.89. The Labute approximate surface area is 115 Å². The minimum atomic E-state index is 0.00369. The third-order valence-electron chi connectivity index (χ3n) is 2.86. The Morgan fingerprint density at radius 1 is 1.47 bits per heavy atom. The van der Waals surface area contributed by atoms with Crippen LogP contribution in [-0.2, 0) is 4.79 Å². The van der Waals surface area contributed by atoms with Gasteiger partial charge in [-0.1, -0.05) is 37.3 Å². The van der Waals surface area contributed by atoms with Crippen LogP contribution in [0.3, 0.4) is 0 Å². The fourth-order valence-corrected chi connectivity index (χ4v) is 1.77. The highest BCUT2D eigenvalue weighted by Crippen LogP contribution is 2.14. The highest BCUT2D eigenvalue weighted by Gasteiger charge is 2.09. The number of nitrogens with two attached hydrogens (primary N) is 1. The summed E-state index contributed by atoms with van der Waals surface area (Å²) in [6.45, 7) is 4.42. The monoisotopic (exact) mass is 258 g/mol. The van der Waals surface area contributed by atoms with Crippen LogP contribution in [0.1, 0.15) is 50.3 Å². The maximum Gasteiger partial charge on any atom is 0.220 e. The van der Waals surface area contributed by atoms with Crippen molar-refractivity contribution in [3.63, 3.8) is 0 Å². The van der Waals surface area contributed by atoms with Crippen LogP contribution < -0.4 is 11.1 Å². The normalized spacial score (nSPS) is 11.3. The molecule has 1 amide bonds. The van der Waals surface area contributed by atoms with E-state index in [-0.39, 0.29) is 11.9 Å². The van der Waals surface area contributed by atoms with Crippen molar-refractivity contribution in [1.29, 1.82) is 0 Å². The van der Waals surface area contributed by atoms with Gasteiger partial charge >= 0.3 is 0 Å². The maximum absolute atomic E-state index is 11.7. The molecule has 1 atom stereocenters. The second-order valence-electron chi connectivity index (χ2n) is 4.52. The van der Waals surface area contributed by atoms with Crippen LogP contribution in [0.5, 0.6) is 0 Å². The van der Waals surface area contributed by atoms with E-state index in [9.17, 15) is 4.79 Å². The van der Waals surface area contributed by atoms with Gasteiger partial charge in [0.1, 0.15) is 0 Å². The number of benzene rings is 1. The average Bonchev–Trinajstić information content (AvgIpc) is 2.43. The molecule has 0 aliphatic carbocycles. The molecule has 0 saturated carbocycles. The molecule has 1 aromatic rings. The molecule has 1 unspecified atom stereocenters. The fraction of sp³-hybridized carbons (Fsp3) is 0.438. The molecule has 0 aliphatic rings. The van der Waals surface area contributed by atoms with E-state index >= 15 is 0 Å². The predicted octanol–water partition coefficient (Wildman–Crippen LogP) is 2.36. The molecular weight excluding hydrogens is 236 g/mol. The third kappa shape index (κ3) is 5.58. The molecule has 3 heteroatoms. The minimum absolute atomic E-state index is 0.00369. The van der Waals surface area contributed by atoms with Gasteiger partial charge in [0, 0.05) is 12.0 Å². The average molecular weight is 258 g/mol. The van der Waals surface area contributed by atoms with Gasteiger partial charge in [0.05, 0.1) is 12.6 Å². The van der Waals surface area contributed by atoms with E-state index in [1.165, 1.54) is 0 Å². The lowest BCUT2D eigenvalue weighted by molar-refractivity contribution is -0.121. The number of carbonyl (C=O) groups is 1. The lowest BCUT2D eigenvalue weighted by Crippen LogP contribution is -2.26. The van der Waals surface area contributed by atoms with Gasteiger partial charge in [-0.3, -0.25) is 4.79 Å². The third-order valence-corrected chi connectivity index (χ3v) is 2.86. The number of hydrogen-bond donors (Lipinski definition) is 2. The summed E-state index contributed by atoms with van der Waals surface area (Å²) in [5.74, 6) is 5.93. The standard InChI is InChI=1S/C16H22N2O/c1-3-4-10-16(19)18-13(2)15-9-5-7-14(12-15)8-6-11-17/h5,7,9,12-13H,3-4,10-11,17H2,1-2H3,(H,18,19). The van der Waals surface area contributed by atoms with E-state index in [4.69, 9.17) is 5.73 Å². The zero-order chi connectivity index (χ0) is 14.1. The molecule has 3 nitrogen and oxygen atoms in total. The molecule has 0 bridgehead atoms. The summed E-state index contributed by atoms with van der Waals surface area (Å²) >= 11 is 0. The molecule has 0 heterocycles. The number of rotatable bonds is 5. The van der Waals surface area contributed by atoms with Crippen molar-refractivity contribution in [2.24, 2.45) is 5.73 Å². The summed E-state index contributed by atoms with van der Waals surface area (Å²) in [6.07, 6.45) is 2.56. The molecule has 3 N–H and O–H groups in total. The molecule has 0 radical (unpaired) electrons. The van der Waals surface area contributed by atoms with Gasteiger partial charge in [-0.2, -0.15) is 0 Å². The summed E-state index contributed by atoms with van der Waals surface area (Å²) in [5, 5.41) is 3.00. The van der Waals surface area contributed by atoms with E-state index in [1.54, 1.807) is 0 Å². The van der Waals surface area contributed by atoms with Crippen molar-refractivity contribution in [3.05, 3.63) is 35.4 Å². The number of hydrogen-bond acceptors (Lipinski definition) is 2. The first-order valence-corrected chi connectivity index (χ1v) is 6.75. The molecule has 19 heavy (non-hydrogen) atoms. The summed E-state index contributed by atoms with van der Waals surface area (Å²) in [4.78, 5) is 11.7. The fourth-order valence-electron chi connectivity index (χ4n) is 1.77. The van der Waals surface area contributed by atoms with Crippen LogP contribution >= 0.6 is 0 Å². The number of unbranched alkanes of at least 4 members (excludes halogenated alkanes) is 1. The van der Waals surface area contributed by atoms with Crippen molar-refractivity contribution in [1.82, 2.24) is 5.32 Å². The van der Waals surface area contributed by atoms with Crippen molar-refractivity contribution in [3.8, 4) is 11.8 Å². The van der Waals surface area contributed by atoms with Gasteiger partial charge in [0.15, 0.2) is 0 Å². The van der Waals surface area contributed by atoms with Crippen LogP contribution in [0.4, 0.5) is 0 Å². The van der Waals surface area contributed by atoms with E-state index in [1.807, 2.05) is 31.2 Å². The Morgan fingerprint density at radius 3 is 2.95 bits per heavy atom. The smallest absolute Gasteiger partial charge is 0.220 e. The summed E-state index contributed by atoms with van der Waals surface area (Å²) in [7, 11) is 0. The first-order chi connectivity index (χ1) is 9.17. The lowest BCUT2D eigenvalue weighted by Gasteiger charge is -2.14. The SMILES string of the molecule is CCCCC(=O)NC(C)c1cccc(C#CCN)c1. The van der Waals surface area contributed by atoms with Crippen LogP contribution in [0.2, 0.25) is 0 Å². The van der Waals surface area contributed by atoms with Crippen molar-refractivity contribution >= 4 is 5.91 Å². The van der Waals surface area contributed by atoms with E-state index in [2.05, 4.69) is 24.1 Å². The largest absolute Gasteiger partial charge is 0.350 e. The molecule has 0 aliphatic heterocycles. The molecular formula is C16H22N2O. The maximum atomic E-state index is 11.7. The highest BCUT2D eigenvalue weighted by atomic mass is 16.1. The summed E-state index contributed by atoms with van der Waals surface area (Å²) < 4.78 is 0. The Bertz CT molecular complexity index is 471.